The number of hydrogen-bond acceptors (Lipinski definition) is 4. The fourth-order valence-corrected chi connectivity index (χ4v) is 3.58. The Bertz CT molecular complexity index is 597. The van der Waals surface area contributed by atoms with Crippen molar-refractivity contribution >= 4 is 39.2 Å². The van der Waals surface area contributed by atoms with E-state index in [9.17, 15) is 4.55 Å². The Morgan fingerprint density at radius 2 is 2.05 bits per heavy atom. The van der Waals surface area contributed by atoms with Gasteiger partial charge in [0.2, 0.25) is 0 Å². The summed E-state index contributed by atoms with van der Waals surface area (Å²) < 4.78 is 12.6. The van der Waals surface area contributed by atoms with Crippen molar-refractivity contribution < 1.29 is 4.55 Å². The molecule has 0 saturated carbocycles. The summed E-state index contributed by atoms with van der Waals surface area (Å²) in [6.45, 7) is 5.93. The van der Waals surface area contributed by atoms with Crippen molar-refractivity contribution in [3.8, 4) is 0 Å². The molecule has 0 spiro atoms. The first-order valence-corrected chi connectivity index (χ1v) is 8.50. The number of hydrogen-bond donors (Lipinski definition) is 1. The second-order valence-electron chi connectivity index (χ2n) is 5.99. The van der Waals surface area contributed by atoms with E-state index in [1.807, 2.05) is 39.8 Å². The van der Waals surface area contributed by atoms with Crippen molar-refractivity contribution in [2.24, 2.45) is 4.99 Å². The van der Waals surface area contributed by atoms with E-state index in [1.165, 1.54) is 0 Å². The van der Waals surface area contributed by atoms with Gasteiger partial charge in [0.1, 0.15) is 10.7 Å². The van der Waals surface area contributed by atoms with Crippen LogP contribution >= 0.6 is 12.2 Å². The van der Waals surface area contributed by atoms with Crippen LogP contribution in [0.15, 0.2) is 23.2 Å². The zero-order chi connectivity index (χ0) is 15.8. The average Bonchev–Trinajstić information content (AvgIpc) is 2.63. The highest BCUT2D eigenvalue weighted by Crippen LogP contribution is 2.24. The summed E-state index contributed by atoms with van der Waals surface area (Å²) in [5, 5.41) is 3.64. The van der Waals surface area contributed by atoms with E-state index in [1.54, 1.807) is 0 Å². The Hall–Kier alpha value is -1.11. The lowest BCUT2D eigenvalue weighted by Gasteiger charge is -2.21. The van der Waals surface area contributed by atoms with E-state index >= 15 is 0 Å². The summed E-state index contributed by atoms with van der Waals surface area (Å²) >= 11 is 3.99. The molecule has 0 saturated heterocycles. The largest absolute Gasteiger partial charge is 0.609 e. The Labute approximate surface area is 134 Å². The standard InChI is InChI=1S/C15H21N3OS2/c1-10-6-7-12(18(4)5)11(8-10)9-21(19)14-16-13(20)15(2,3)17-14/h6-8H,9H2,1-5H3,(H,16,17,20). The van der Waals surface area contributed by atoms with Gasteiger partial charge < -0.3 is 14.8 Å². The minimum Gasteiger partial charge on any atom is -0.609 e. The third kappa shape index (κ3) is 3.56. The van der Waals surface area contributed by atoms with Gasteiger partial charge in [-0.15, -0.1) is 0 Å². The zero-order valence-electron chi connectivity index (χ0n) is 13.1. The molecule has 1 atom stereocenters. The molecule has 4 nitrogen and oxygen atoms in total. The van der Waals surface area contributed by atoms with Gasteiger partial charge in [-0.2, -0.15) is 4.99 Å². The molecule has 1 aromatic carbocycles. The minimum absolute atomic E-state index is 0.392. The van der Waals surface area contributed by atoms with Crippen LogP contribution in [0.25, 0.3) is 0 Å². The Kier molecular flexibility index (Phi) is 4.60. The van der Waals surface area contributed by atoms with Gasteiger partial charge >= 0.3 is 5.17 Å². The number of amidine groups is 1. The van der Waals surface area contributed by atoms with Crippen molar-refractivity contribution in [2.75, 3.05) is 19.0 Å². The molecule has 21 heavy (non-hydrogen) atoms. The van der Waals surface area contributed by atoms with E-state index in [-0.39, 0.29) is 0 Å². The number of rotatable bonds is 3. The normalized spacial score (nSPS) is 18.2. The summed E-state index contributed by atoms with van der Waals surface area (Å²) in [7, 11) is 3.97. The molecule has 0 bridgehead atoms. The van der Waals surface area contributed by atoms with Crippen LogP contribution < -0.4 is 10.2 Å². The highest BCUT2D eigenvalue weighted by Gasteiger charge is 2.37. The molecular formula is C15H21N3OS2. The molecule has 0 radical (unpaired) electrons. The van der Waals surface area contributed by atoms with Crippen LogP contribution in [0.1, 0.15) is 25.0 Å². The van der Waals surface area contributed by atoms with Crippen molar-refractivity contribution in [1.82, 2.24) is 5.32 Å². The van der Waals surface area contributed by atoms with Crippen LogP contribution in [-0.4, -0.2) is 34.3 Å². The number of benzene rings is 1. The third-order valence-corrected chi connectivity index (χ3v) is 5.18. The van der Waals surface area contributed by atoms with E-state index in [2.05, 4.69) is 28.5 Å². The molecule has 114 valence electrons. The lowest BCUT2D eigenvalue weighted by molar-refractivity contribution is 0.598. The monoisotopic (exact) mass is 323 g/mol. The second-order valence-corrected chi connectivity index (χ2v) is 7.74. The maximum absolute atomic E-state index is 12.6. The molecule has 0 fully saturated rings. The van der Waals surface area contributed by atoms with Crippen molar-refractivity contribution in [3.05, 3.63) is 29.3 Å². The van der Waals surface area contributed by atoms with Crippen molar-refractivity contribution in [3.63, 3.8) is 0 Å². The smallest absolute Gasteiger partial charge is 0.318 e. The zero-order valence-corrected chi connectivity index (χ0v) is 14.7. The van der Waals surface area contributed by atoms with Crippen LogP contribution in [0.4, 0.5) is 5.69 Å². The molecule has 1 unspecified atom stereocenters. The van der Waals surface area contributed by atoms with Gasteiger partial charge in [-0.1, -0.05) is 23.8 Å². The van der Waals surface area contributed by atoms with Crippen LogP contribution in [-0.2, 0) is 16.9 Å². The number of aliphatic imine (C=N–C) groups is 1. The van der Waals surface area contributed by atoms with Gasteiger partial charge in [0.05, 0.1) is 5.54 Å². The Morgan fingerprint density at radius 1 is 1.38 bits per heavy atom. The lowest BCUT2D eigenvalue weighted by Crippen LogP contribution is -2.44. The van der Waals surface area contributed by atoms with E-state index in [0.29, 0.717) is 15.9 Å². The van der Waals surface area contributed by atoms with Crippen LogP contribution in [0, 0.1) is 6.92 Å². The molecule has 0 amide bonds. The predicted molar refractivity (Wildman–Crippen MR) is 94.6 cm³/mol. The summed E-state index contributed by atoms with van der Waals surface area (Å²) in [4.78, 5) is 6.85. The third-order valence-electron chi connectivity index (χ3n) is 3.38. The maximum Gasteiger partial charge on any atom is 0.318 e. The molecule has 0 aromatic heterocycles. The molecule has 1 aliphatic rings. The highest BCUT2D eigenvalue weighted by atomic mass is 32.2. The predicted octanol–water partition coefficient (Wildman–Crippen LogP) is 2.37. The van der Waals surface area contributed by atoms with E-state index in [4.69, 9.17) is 12.2 Å². The average molecular weight is 323 g/mol. The molecule has 1 N–H and O–H groups in total. The summed E-state index contributed by atoms with van der Waals surface area (Å²) in [5.74, 6) is 0.430. The van der Waals surface area contributed by atoms with Gasteiger partial charge in [0.25, 0.3) is 0 Å². The first-order chi connectivity index (χ1) is 9.70. The molecular weight excluding hydrogens is 302 g/mol. The minimum atomic E-state index is -1.22. The second kappa shape index (κ2) is 5.94. The van der Waals surface area contributed by atoms with Crippen molar-refractivity contribution in [1.29, 1.82) is 0 Å². The summed E-state index contributed by atoms with van der Waals surface area (Å²) in [5.41, 5.74) is 2.90. The number of anilines is 1. The Balaban J connectivity index is 2.21. The number of nitrogens with zero attached hydrogens (tertiary/aromatic N) is 2. The van der Waals surface area contributed by atoms with Gasteiger partial charge in [-0.25, -0.2) is 0 Å². The van der Waals surface area contributed by atoms with Crippen LogP contribution in [0.3, 0.4) is 0 Å². The highest BCUT2D eigenvalue weighted by molar-refractivity contribution is 8.05. The molecule has 6 heteroatoms. The fraction of sp³-hybridized carbons (Fsp3) is 0.467. The summed E-state index contributed by atoms with van der Waals surface area (Å²) in [6, 6.07) is 6.19. The van der Waals surface area contributed by atoms with Gasteiger partial charge in [-0.3, -0.25) is 0 Å². The first kappa shape index (κ1) is 16.3. The Morgan fingerprint density at radius 3 is 2.57 bits per heavy atom. The van der Waals surface area contributed by atoms with Crippen molar-refractivity contribution in [2.45, 2.75) is 32.1 Å². The topological polar surface area (TPSA) is 50.7 Å². The number of aryl methyl sites for hydroxylation is 1. The van der Waals surface area contributed by atoms with Crippen LogP contribution in [0.2, 0.25) is 0 Å². The number of nitrogens with one attached hydrogen (secondary N) is 1. The lowest BCUT2D eigenvalue weighted by atomic mass is 10.1. The molecule has 1 aliphatic heterocycles. The SMILES string of the molecule is Cc1ccc(N(C)C)c(C[S+]([O-])C2=NC(=S)C(C)(C)N2)c1. The fourth-order valence-electron chi connectivity index (χ4n) is 2.16. The van der Waals surface area contributed by atoms with E-state index < -0.39 is 16.7 Å². The van der Waals surface area contributed by atoms with Gasteiger partial charge in [0, 0.05) is 36.5 Å². The molecule has 1 aromatic rings. The van der Waals surface area contributed by atoms with E-state index in [0.717, 1.165) is 16.8 Å². The summed E-state index contributed by atoms with van der Waals surface area (Å²) in [6.07, 6.45) is 0. The molecule has 0 aliphatic carbocycles. The quantitative estimate of drug-likeness (QED) is 0.685. The van der Waals surface area contributed by atoms with Crippen LogP contribution in [0.5, 0.6) is 0 Å². The van der Waals surface area contributed by atoms with Gasteiger partial charge in [0.15, 0.2) is 0 Å². The van der Waals surface area contributed by atoms with Gasteiger partial charge in [-0.05, 0) is 32.9 Å². The first-order valence-electron chi connectivity index (χ1n) is 6.77. The molecule has 2 rings (SSSR count). The number of thiocarbonyl (C=S) groups is 1. The molecule has 1 heterocycles. The maximum atomic E-state index is 12.6.